The Morgan fingerprint density at radius 1 is 1.36 bits per heavy atom. The Balaban J connectivity index is 2.02. The summed E-state index contributed by atoms with van der Waals surface area (Å²) in [6, 6.07) is 9.24. The molecule has 1 aromatic carbocycles. The first-order valence-electron chi connectivity index (χ1n) is 7.04. The van der Waals surface area contributed by atoms with Gasteiger partial charge in [0.15, 0.2) is 0 Å². The first kappa shape index (κ1) is 16.2. The predicted octanol–water partition coefficient (Wildman–Crippen LogP) is 3.44. The molecule has 2 aromatic rings. The highest BCUT2D eigenvalue weighted by atomic mass is 32.1. The second-order valence-electron chi connectivity index (χ2n) is 6.07. The third-order valence-electron chi connectivity index (χ3n) is 3.20. The van der Waals surface area contributed by atoms with Crippen molar-refractivity contribution in [2.75, 3.05) is 0 Å². The highest BCUT2D eigenvalue weighted by Gasteiger charge is 2.14. The van der Waals surface area contributed by atoms with E-state index in [-0.39, 0.29) is 17.1 Å². The molecule has 0 aliphatic heterocycles. The lowest BCUT2D eigenvalue weighted by molar-refractivity contribution is -0.120. The number of hydrogen-bond donors (Lipinski definition) is 2. The Bertz CT molecular complexity index is 670. The Hall–Kier alpha value is -2.14. The van der Waals surface area contributed by atoms with Crippen LogP contribution in [0.4, 0.5) is 0 Å². The van der Waals surface area contributed by atoms with Crippen molar-refractivity contribution in [3.05, 3.63) is 51.7 Å². The molecule has 0 aliphatic rings. The Morgan fingerprint density at radius 3 is 2.77 bits per heavy atom. The van der Waals surface area contributed by atoms with Gasteiger partial charge in [0, 0.05) is 10.4 Å². The van der Waals surface area contributed by atoms with Gasteiger partial charge in [-0.05, 0) is 34.6 Å². The van der Waals surface area contributed by atoms with Gasteiger partial charge in [0.05, 0.1) is 12.6 Å². The predicted molar refractivity (Wildman–Crippen MR) is 90.6 cm³/mol. The van der Waals surface area contributed by atoms with E-state index in [4.69, 9.17) is 0 Å². The molecule has 116 valence electrons. The fraction of sp³-hybridized carbons (Fsp3) is 0.294. The lowest BCUT2D eigenvalue weighted by Gasteiger charge is -2.19. The molecule has 1 aromatic heterocycles. The number of carbonyl (C=O) groups is 1. The zero-order valence-electron chi connectivity index (χ0n) is 13.0. The van der Waals surface area contributed by atoms with Crippen molar-refractivity contribution in [2.24, 2.45) is 5.10 Å². The van der Waals surface area contributed by atoms with Crippen molar-refractivity contribution in [3.63, 3.8) is 0 Å². The van der Waals surface area contributed by atoms with Crippen molar-refractivity contribution in [1.29, 1.82) is 0 Å². The molecular weight excluding hydrogens is 296 g/mol. The zero-order chi connectivity index (χ0) is 16.2. The summed E-state index contributed by atoms with van der Waals surface area (Å²) in [5.41, 5.74) is 4.15. The molecule has 0 aliphatic carbocycles. The Morgan fingerprint density at radius 2 is 2.14 bits per heavy atom. The molecule has 2 N–H and O–H groups in total. The van der Waals surface area contributed by atoms with Crippen molar-refractivity contribution >= 4 is 23.5 Å². The number of thiophene rings is 1. The largest absolute Gasteiger partial charge is 0.507 e. The molecule has 0 atom stereocenters. The van der Waals surface area contributed by atoms with Gasteiger partial charge >= 0.3 is 0 Å². The normalized spacial score (nSPS) is 11.8. The van der Waals surface area contributed by atoms with Gasteiger partial charge in [0.1, 0.15) is 5.75 Å². The number of phenolic OH excluding ortho intramolecular Hbond substituents is 1. The maximum atomic E-state index is 11.7. The summed E-state index contributed by atoms with van der Waals surface area (Å²) < 4.78 is 0. The summed E-state index contributed by atoms with van der Waals surface area (Å²) in [4.78, 5) is 12.7. The summed E-state index contributed by atoms with van der Waals surface area (Å²) in [5.74, 6) is -0.0329. The second-order valence-corrected chi connectivity index (χ2v) is 7.11. The monoisotopic (exact) mass is 316 g/mol. The minimum Gasteiger partial charge on any atom is -0.507 e. The van der Waals surface area contributed by atoms with Crippen LogP contribution in [0.3, 0.4) is 0 Å². The third kappa shape index (κ3) is 4.43. The first-order valence-corrected chi connectivity index (χ1v) is 7.92. The first-order chi connectivity index (χ1) is 10.4. The molecule has 0 fully saturated rings. The molecule has 0 unspecified atom stereocenters. The number of phenols is 1. The summed E-state index contributed by atoms with van der Waals surface area (Å²) in [7, 11) is 0. The van der Waals surface area contributed by atoms with Crippen LogP contribution in [0, 0.1) is 0 Å². The SMILES string of the molecule is CC(C)(C)c1ccc(O)c(/C=N/NC(=O)Cc2cccs2)c1. The number of nitrogens with zero attached hydrogens (tertiary/aromatic N) is 1. The van der Waals surface area contributed by atoms with Gasteiger partial charge in [-0.3, -0.25) is 4.79 Å². The maximum Gasteiger partial charge on any atom is 0.245 e. The molecule has 5 heteroatoms. The van der Waals surface area contributed by atoms with Crippen LogP contribution in [-0.2, 0) is 16.6 Å². The average molecular weight is 316 g/mol. The Kier molecular flexibility index (Phi) is 4.98. The van der Waals surface area contributed by atoms with E-state index >= 15 is 0 Å². The second kappa shape index (κ2) is 6.75. The highest BCUT2D eigenvalue weighted by Crippen LogP contribution is 2.26. The van der Waals surface area contributed by atoms with Crippen LogP contribution in [0.5, 0.6) is 5.75 Å². The van der Waals surface area contributed by atoms with Gasteiger partial charge < -0.3 is 5.11 Å². The maximum absolute atomic E-state index is 11.7. The lowest BCUT2D eigenvalue weighted by atomic mass is 9.86. The molecule has 1 heterocycles. The fourth-order valence-corrected chi connectivity index (χ4v) is 2.61. The van der Waals surface area contributed by atoms with Gasteiger partial charge in [-0.25, -0.2) is 5.43 Å². The van der Waals surface area contributed by atoms with E-state index in [1.807, 2.05) is 29.6 Å². The zero-order valence-corrected chi connectivity index (χ0v) is 13.8. The van der Waals surface area contributed by atoms with E-state index in [1.54, 1.807) is 6.07 Å². The van der Waals surface area contributed by atoms with E-state index in [9.17, 15) is 9.90 Å². The van der Waals surface area contributed by atoms with Gasteiger partial charge in [0.2, 0.25) is 5.91 Å². The number of hydrazone groups is 1. The van der Waals surface area contributed by atoms with Crippen LogP contribution >= 0.6 is 11.3 Å². The number of nitrogens with one attached hydrogen (secondary N) is 1. The van der Waals surface area contributed by atoms with E-state index in [0.717, 1.165) is 10.4 Å². The average Bonchev–Trinajstić information content (AvgIpc) is 2.92. The van der Waals surface area contributed by atoms with Crippen LogP contribution in [0.15, 0.2) is 40.8 Å². The van der Waals surface area contributed by atoms with Crippen molar-refractivity contribution < 1.29 is 9.90 Å². The summed E-state index contributed by atoms with van der Waals surface area (Å²) in [6.07, 6.45) is 1.78. The highest BCUT2D eigenvalue weighted by molar-refractivity contribution is 7.10. The third-order valence-corrected chi connectivity index (χ3v) is 4.08. The van der Waals surface area contributed by atoms with Crippen LogP contribution < -0.4 is 5.43 Å². The molecule has 4 nitrogen and oxygen atoms in total. The van der Waals surface area contributed by atoms with Crippen LogP contribution in [0.1, 0.15) is 36.8 Å². The number of rotatable bonds is 4. The van der Waals surface area contributed by atoms with Gasteiger partial charge in [-0.15, -0.1) is 11.3 Å². The molecule has 0 saturated carbocycles. The number of aromatic hydroxyl groups is 1. The van der Waals surface area contributed by atoms with E-state index in [1.165, 1.54) is 17.6 Å². The van der Waals surface area contributed by atoms with Crippen LogP contribution in [0.25, 0.3) is 0 Å². The van der Waals surface area contributed by atoms with E-state index in [0.29, 0.717) is 12.0 Å². The minimum atomic E-state index is -0.176. The molecule has 0 saturated heterocycles. The lowest BCUT2D eigenvalue weighted by Crippen LogP contribution is -2.19. The standard InChI is InChI=1S/C17H20N2O2S/c1-17(2,3)13-6-7-15(20)12(9-13)11-18-19-16(21)10-14-5-4-8-22-14/h4-9,11,20H,10H2,1-3H3,(H,19,21)/b18-11+. The van der Waals surface area contributed by atoms with Crippen molar-refractivity contribution in [1.82, 2.24) is 5.43 Å². The van der Waals surface area contributed by atoms with Gasteiger partial charge in [0.25, 0.3) is 0 Å². The van der Waals surface area contributed by atoms with Crippen LogP contribution in [-0.4, -0.2) is 17.2 Å². The summed E-state index contributed by atoms with van der Waals surface area (Å²) in [5, 5.41) is 15.7. The smallest absolute Gasteiger partial charge is 0.245 e. The number of benzene rings is 1. The number of carbonyl (C=O) groups excluding carboxylic acids is 1. The summed E-state index contributed by atoms with van der Waals surface area (Å²) in [6.45, 7) is 6.30. The molecule has 0 spiro atoms. The molecule has 22 heavy (non-hydrogen) atoms. The fourth-order valence-electron chi connectivity index (χ4n) is 1.91. The molecule has 0 bridgehead atoms. The molecule has 1 amide bonds. The van der Waals surface area contributed by atoms with E-state index < -0.39 is 0 Å². The van der Waals surface area contributed by atoms with Gasteiger partial charge in [-0.1, -0.05) is 32.9 Å². The van der Waals surface area contributed by atoms with Crippen molar-refractivity contribution in [2.45, 2.75) is 32.6 Å². The number of amides is 1. The van der Waals surface area contributed by atoms with E-state index in [2.05, 4.69) is 31.3 Å². The quantitative estimate of drug-likeness (QED) is 0.670. The topological polar surface area (TPSA) is 61.7 Å². The molecule has 2 rings (SSSR count). The minimum absolute atomic E-state index is 0.0152. The van der Waals surface area contributed by atoms with Crippen molar-refractivity contribution in [3.8, 4) is 5.75 Å². The summed E-state index contributed by atoms with van der Waals surface area (Å²) >= 11 is 1.54. The van der Waals surface area contributed by atoms with Crippen LogP contribution in [0.2, 0.25) is 0 Å². The molecular formula is C17H20N2O2S. The van der Waals surface area contributed by atoms with Gasteiger partial charge in [-0.2, -0.15) is 5.10 Å². The number of hydrogen-bond acceptors (Lipinski definition) is 4. The Labute approximate surface area is 134 Å². The molecule has 0 radical (unpaired) electrons.